The van der Waals surface area contributed by atoms with Gasteiger partial charge in [0.05, 0.1) is 36.0 Å². The second kappa shape index (κ2) is 16.4. The van der Waals surface area contributed by atoms with Crippen LogP contribution >= 0.6 is 141 Å². The first-order valence-electron chi connectivity index (χ1n) is 19.7. The lowest BCUT2D eigenvalue weighted by atomic mass is 9.84. The average Bonchev–Trinajstić information content (AvgIpc) is 3.94. The third-order valence-electron chi connectivity index (χ3n) is 10.5. The number of hydrogen-bond acceptors (Lipinski definition) is 17. The Morgan fingerprint density at radius 1 is 0.400 bits per heavy atom. The van der Waals surface area contributed by atoms with Crippen LogP contribution in [-0.2, 0) is 0 Å². The van der Waals surface area contributed by atoms with Gasteiger partial charge in [-0.05, 0) is 110 Å². The van der Waals surface area contributed by atoms with Gasteiger partial charge in [-0.25, -0.2) is 4.79 Å². The predicted molar refractivity (Wildman–Crippen MR) is 266 cm³/mol. The molecule has 0 fully saturated rings. The highest BCUT2D eigenvalue weighted by molar-refractivity contribution is 8.23. The Kier molecular flexibility index (Phi) is 12.7. The summed E-state index contributed by atoms with van der Waals surface area (Å²) in [5.41, 5.74) is 3.68. The molecule has 5 N–H and O–H groups in total. The van der Waals surface area contributed by atoms with E-state index in [1.165, 1.54) is 73.8 Å². The molecule has 0 saturated heterocycles. The lowest BCUT2D eigenvalue weighted by Gasteiger charge is -2.31. The Labute approximate surface area is 404 Å². The number of fused-ring (bicyclic) bond motifs is 6. The minimum Gasteiger partial charge on any atom is -0.478 e. The number of aliphatic hydroxyl groups excluding tert-OH is 4. The van der Waals surface area contributed by atoms with Crippen LogP contribution in [0.15, 0.2) is 70.9 Å². The summed E-state index contributed by atoms with van der Waals surface area (Å²) in [7, 11) is 0. The van der Waals surface area contributed by atoms with E-state index in [2.05, 4.69) is 67.5 Å². The van der Waals surface area contributed by atoms with Gasteiger partial charge in [0.2, 0.25) is 0 Å². The van der Waals surface area contributed by atoms with E-state index < -0.39 is 14.1 Å². The highest BCUT2D eigenvalue weighted by Crippen LogP contribution is 2.74. The SMILES string of the molecule is CC1(C)Sc2cc3c(c([C](c4c5c(cc6c4SC(C)(C)S6)SC(C)(C)S5)c4c5c(c(C(=O)O)c6c4SC(CCO)(CCO)S6)SC(CCO)(CCO)S5)c2S1)SC(C)(C)S3. The Bertz CT molecular complexity index is 2080. The number of carboxylic acid groups (broad SMARTS) is 1. The first-order valence-corrected chi connectivity index (χ1v) is 29.5. The summed E-state index contributed by atoms with van der Waals surface area (Å²) < 4.78 is -1.86. The van der Waals surface area contributed by atoms with Crippen molar-refractivity contribution in [1.29, 1.82) is 0 Å². The molecule has 60 heavy (non-hydrogen) atoms. The molecule has 6 aliphatic rings. The summed E-state index contributed by atoms with van der Waals surface area (Å²) in [5, 5.41) is 53.6. The van der Waals surface area contributed by atoms with Gasteiger partial charge in [0.15, 0.2) is 0 Å². The van der Waals surface area contributed by atoms with Crippen LogP contribution in [0.25, 0.3) is 0 Å². The predicted octanol–water partition coefficient (Wildman–Crippen LogP) is 13.5. The van der Waals surface area contributed by atoms with Crippen molar-refractivity contribution in [3.63, 3.8) is 0 Å². The van der Waals surface area contributed by atoms with Crippen molar-refractivity contribution in [2.45, 2.75) is 164 Å². The van der Waals surface area contributed by atoms with E-state index in [1.54, 1.807) is 23.5 Å². The zero-order valence-corrected chi connectivity index (χ0v) is 44.2. The summed E-state index contributed by atoms with van der Waals surface area (Å²) in [4.78, 5) is 27.0. The monoisotopic (exact) mass is 1030 g/mol. The first-order chi connectivity index (χ1) is 28.2. The van der Waals surface area contributed by atoms with Crippen LogP contribution in [0.5, 0.6) is 0 Å². The van der Waals surface area contributed by atoms with Crippen molar-refractivity contribution in [3.8, 4) is 0 Å². The molecule has 0 atom stereocenters. The fourth-order valence-corrected chi connectivity index (χ4v) is 26.9. The van der Waals surface area contributed by atoms with Crippen molar-refractivity contribution in [3.05, 3.63) is 40.3 Å². The van der Waals surface area contributed by atoms with E-state index in [0.717, 1.165) is 21.3 Å². The number of rotatable bonds is 12. The van der Waals surface area contributed by atoms with Crippen LogP contribution in [0.4, 0.5) is 0 Å². The lowest BCUT2D eigenvalue weighted by Crippen LogP contribution is -2.21. The maximum atomic E-state index is 13.8. The van der Waals surface area contributed by atoms with Crippen LogP contribution in [0.2, 0.25) is 0 Å². The highest BCUT2D eigenvalue weighted by atomic mass is 32.2. The van der Waals surface area contributed by atoms with Gasteiger partial charge in [-0.3, -0.25) is 0 Å². The summed E-state index contributed by atoms with van der Waals surface area (Å²) in [6.45, 7) is 18.0. The molecule has 0 aliphatic carbocycles. The van der Waals surface area contributed by atoms with E-state index in [0.29, 0.717) is 35.5 Å². The third kappa shape index (κ3) is 8.11. The van der Waals surface area contributed by atoms with E-state index in [-0.39, 0.29) is 48.3 Å². The highest BCUT2D eigenvalue weighted by Gasteiger charge is 2.54. The molecule has 6 heterocycles. The van der Waals surface area contributed by atoms with Gasteiger partial charge < -0.3 is 25.5 Å². The smallest absolute Gasteiger partial charge is 0.338 e. The number of carbonyl (C=O) groups is 1. The zero-order valence-electron chi connectivity index (χ0n) is 34.4. The minimum absolute atomic E-state index is 0.0984. The van der Waals surface area contributed by atoms with E-state index >= 15 is 0 Å². The van der Waals surface area contributed by atoms with Crippen molar-refractivity contribution >= 4 is 147 Å². The fourth-order valence-electron chi connectivity index (χ4n) is 8.46. The molecule has 0 unspecified atom stereocenters. The van der Waals surface area contributed by atoms with Crippen molar-refractivity contribution in [2.75, 3.05) is 26.4 Å². The lowest BCUT2D eigenvalue weighted by molar-refractivity contribution is 0.0688. The molecule has 1 radical (unpaired) electrons. The van der Waals surface area contributed by atoms with E-state index in [4.69, 9.17) is 0 Å². The van der Waals surface area contributed by atoms with Gasteiger partial charge in [0, 0.05) is 85.2 Å². The topological polar surface area (TPSA) is 118 Å². The maximum absolute atomic E-state index is 13.8. The van der Waals surface area contributed by atoms with Gasteiger partial charge in [0.25, 0.3) is 0 Å². The number of hydrogen-bond donors (Lipinski definition) is 5. The molecular formula is C42H47O6S12. The van der Waals surface area contributed by atoms with Gasteiger partial charge in [0.1, 0.15) is 0 Å². The van der Waals surface area contributed by atoms with Crippen molar-refractivity contribution in [1.82, 2.24) is 0 Å². The average molecular weight is 1030 g/mol. The molecule has 323 valence electrons. The number of carboxylic acids is 1. The Morgan fingerprint density at radius 2 is 0.650 bits per heavy atom. The molecule has 3 aromatic carbocycles. The Hall–Kier alpha value is 1.17. The van der Waals surface area contributed by atoms with Gasteiger partial charge >= 0.3 is 5.97 Å². The molecule has 0 saturated carbocycles. The molecule has 0 spiro atoms. The fraction of sp³-hybridized carbons (Fsp3) is 0.524. The number of aliphatic hydroxyl groups is 4. The summed E-state index contributed by atoms with van der Waals surface area (Å²) in [6.07, 6.45) is 1.52. The molecule has 9 rings (SSSR count). The van der Waals surface area contributed by atoms with Gasteiger partial charge in [-0.2, -0.15) is 0 Å². The molecular weight excluding hydrogens is 985 g/mol. The normalized spacial score (nSPS) is 22.5. The van der Waals surface area contributed by atoms with Crippen LogP contribution in [0.1, 0.15) is 108 Å². The maximum Gasteiger partial charge on any atom is 0.338 e. The Morgan fingerprint density at radius 3 is 0.900 bits per heavy atom. The largest absolute Gasteiger partial charge is 0.478 e. The molecule has 18 heteroatoms. The minimum atomic E-state index is -1.02. The second-order valence-electron chi connectivity index (χ2n) is 17.1. The Balaban J connectivity index is 1.47. The number of thioether (sulfide) groups is 12. The van der Waals surface area contributed by atoms with Crippen LogP contribution in [0, 0.1) is 5.92 Å². The second-order valence-corrected chi connectivity index (χ2v) is 37.4. The molecule has 6 aliphatic heterocycles. The summed E-state index contributed by atoms with van der Waals surface area (Å²) >= 11 is 21.6. The number of aromatic carboxylic acids is 1. The van der Waals surface area contributed by atoms with E-state index in [9.17, 15) is 30.3 Å². The standard InChI is InChI=1S/C42H47O6S12/c1-37(2)49-19-17-20-29(54-38(3,4)50-20)24(28(19)53-37)23(25-30-21(51-39(5,6)55-30)18-22-31(25)56-40(7,8)52-22)26-32-34(59-41(57-32,9-13-43)10-14-44)27(36(47)48)35-33(26)58-42(60-35,11-15-45)12-16-46/h17-18,43-46H,9-16H2,1-8H3,(H,47,48). The van der Waals surface area contributed by atoms with Crippen LogP contribution in [-0.4, -0.2) is 82.4 Å². The van der Waals surface area contributed by atoms with Crippen LogP contribution in [0.3, 0.4) is 0 Å². The molecule has 0 bridgehead atoms. The van der Waals surface area contributed by atoms with Crippen LogP contribution < -0.4 is 0 Å². The van der Waals surface area contributed by atoms with Gasteiger partial charge in [-0.15, -0.1) is 141 Å². The quantitative estimate of drug-likeness (QED) is 0.111. The molecule has 6 nitrogen and oxygen atoms in total. The van der Waals surface area contributed by atoms with E-state index in [1.807, 2.05) is 94.1 Å². The summed E-state index contributed by atoms with van der Waals surface area (Å²) in [6, 6.07) is 4.81. The zero-order chi connectivity index (χ0) is 42.9. The third-order valence-corrected chi connectivity index (χ3v) is 28.5. The van der Waals surface area contributed by atoms with Gasteiger partial charge in [-0.1, -0.05) is 0 Å². The van der Waals surface area contributed by atoms with Crippen molar-refractivity contribution < 1.29 is 30.3 Å². The molecule has 3 aromatic rings. The summed E-state index contributed by atoms with van der Waals surface area (Å²) in [5.74, 6) is 0.111. The van der Waals surface area contributed by atoms with Crippen molar-refractivity contribution in [2.24, 2.45) is 0 Å². The molecule has 0 amide bonds. The molecule has 0 aromatic heterocycles. The number of benzene rings is 3. The first kappa shape index (κ1) is 46.3.